The fourth-order valence-electron chi connectivity index (χ4n) is 4.20. The van der Waals surface area contributed by atoms with E-state index < -0.39 is 48.9 Å². The Kier molecular flexibility index (Phi) is 7.49. The lowest BCUT2D eigenvalue weighted by Gasteiger charge is -2.16. The van der Waals surface area contributed by atoms with Crippen LogP contribution in [0, 0.1) is 0 Å². The van der Waals surface area contributed by atoms with Gasteiger partial charge in [-0.15, -0.1) is 0 Å². The highest BCUT2D eigenvalue weighted by molar-refractivity contribution is 7.53. The Morgan fingerprint density at radius 1 is 0.763 bits per heavy atom. The lowest BCUT2D eigenvalue weighted by molar-refractivity contribution is 0.0919. The normalized spacial score (nSPS) is 13.1. The molecule has 0 unspecified atom stereocenters. The second-order valence-corrected chi connectivity index (χ2v) is 9.96. The maximum atomic E-state index is 13.2. The molecule has 3 aliphatic rings. The minimum atomic E-state index is -3.52. The van der Waals surface area contributed by atoms with Gasteiger partial charge in [0.2, 0.25) is 0 Å². The first kappa shape index (κ1) is 26.8. The molecular weight excluding hydrogens is 521 g/mol. The van der Waals surface area contributed by atoms with Crippen LogP contribution in [0.3, 0.4) is 0 Å². The minimum Gasteiger partial charge on any atom is -0.449 e. The van der Waals surface area contributed by atoms with Crippen LogP contribution in [0.4, 0.5) is 15.3 Å². The molecule has 1 aromatic rings. The number of carboxylic acid groups (broad SMARTS) is 2. The number of rotatable bonds is 9. The molecule has 1 aliphatic heterocycles. The van der Waals surface area contributed by atoms with E-state index in [9.17, 15) is 34.0 Å². The van der Waals surface area contributed by atoms with E-state index in [1.54, 1.807) is 26.0 Å². The van der Waals surface area contributed by atoms with Gasteiger partial charge in [0, 0.05) is 11.1 Å². The van der Waals surface area contributed by atoms with Crippen molar-refractivity contribution in [2.24, 2.45) is 0 Å². The molecule has 12 nitrogen and oxygen atoms in total. The molecule has 38 heavy (non-hydrogen) atoms. The molecule has 0 saturated carbocycles. The number of fused-ring (bicyclic) bond motifs is 2. The molecule has 0 atom stereocenters. The largest absolute Gasteiger partial charge is 0.511 e. The van der Waals surface area contributed by atoms with Crippen molar-refractivity contribution in [3.8, 4) is 22.6 Å². The van der Waals surface area contributed by atoms with E-state index in [1.807, 2.05) is 0 Å². The Hall–Kier alpha value is -4.25. The monoisotopic (exact) mass is 543 g/mol. The Morgan fingerprint density at radius 3 is 1.61 bits per heavy atom. The summed E-state index contributed by atoms with van der Waals surface area (Å²) >= 11 is 0. The first-order valence-corrected chi connectivity index (χ1v) is 13.1. The van der Waals surface area contributed by atoms with Gasteiger partial charge in [-0.25, -0.2) is 14.5 Å². The maximum absolute atomic E-state index is 13.2. The van der Waals surface area contributed by atoms with E-state index in [4.69, 9.17) is 18.5 Å². The Balaban J connectivity index is 1.93. The lowest BCUT2D eigenvalue weighted by Crippen LogP contribution is -2.30. The van der Waals surface area contributed by atoms with E-state index in [0.29, 0.717) is 10.5 Å². The summed E-state index contributed by atoms with van der Waals surface area (Å²) in [5.74, 6) is -2.60. The standard InChI is InChI=1S/C25H22NO11P/c1-3-34-38(33,35-4-2)13-14-9-11-15-16(12-10-14)21(37-25(31)32)19(20(15)36-24(29)30)26-22(27)17-7-5-6-8-18(17)23(26)28/h5-12H,3-4,13H2,1-2H3,(H,29,30)(H,31,32). The first-order valence-electron chi connectivity index (χ1n) is 11.4. The van der Waals surface area contributed by atoms with E-state index >= 15 is 0 Å². The number of ether oxygens (including phenoxy) is 2. The van der Waals surface area contributed by atoms with Crippen molar-refractivity contribution >= 4 is 37.4 Å². The smallest absolute Gasteiger partial charge is 0.449 e. The average Bonchev–Trinajstić information content (AvgIpc) is 3.13. The molecule has 1 heterocycles. The summed E-state index contributed by atoms with van der Waals surface area (Å²) < 4.78 is 33.6. The highest BCUT2D eigenvalue weighted by atomic mass is 31.2. The van der Waals surface area contributed by atoms with Gasteiger partial charge in [-0.3, -0.25) is 14.2 Å². The number of carbonyl (C=O) groups excluding carboxylic acids is 2. The number of benzene rings is 1. The van der Waals surface area contributed by atoms with Gasteiger partial charge in [-0.05, 0) is 31.5 Å². The number of imide groups is 1. The lowest BCUT2D eigenvalue weighted by atomic mass is 10.1. The molecule has 1 aromatic carbocycles. The van der Waals surface area contributed by atoms with Gasteiger partial charge in [0.05, 0.1) is 30.5 Å². The predicted molar refractivity (Wildman–Crippen MR) is 133 cm³/mol. The Morgan fingerprint density at radius 2 is 1.21 bits per heavy atom. The van der Waals surface area contributed by atoms with Crippen molar-refractivity contribution < 1.29 is 52.5 Å². The molecule has 13 heteroatoms. The fourth-order valence-corrected chi connectivity index (χ4v) is 5.90. The highest BCUT2D eigenvalue weighted by Crippen LogP contribution is 2.56. The molecule has 4 rings (SSSR count). The first-order chi connectivity index (χ1) is 18.1. The maximum Gasteiger partial charge on any atom is 0.511 e. The van der Waals surface area contributed by atoms with Gasteiger partial charge in [0.25, 0.3) is 11.8 Å². The third kappa shape index (κ3) is 4.97. The SMILES string of the molecule is CCOP(=O)(Cc1ccc2c(OC(=O)O)c(N3C(=O)c4ccccc4C3=O)c(OC(=O)O)c-2cc1)OCC. The summed E-state index contributed by atoms with van der Waals surface area (Å²) in [5, 5.41) is 18.9. The van der Waals surface area contributed by atoms with Crippen molar-refractivity contribution in [1.82, 2.24) is 0 Å². The van der Waals surface area contributed by atoms with Gasteiger partial charge in [-0.2, -0.15) is 0 Å². The van der Waals surface area contributed by atoms with Crippen LogP contribution in [0.15, 0.2) is 48.5 Å². The van der Waals surface area contributed by atoms with Gasteiger partial charge in [0.1, 0.15) is 5.69 Å². The number of amides is 2. The zero-order valence-corrected chi connectivity index (χ0v) is 21.1. The molecule has 0 saturated heterocycles. The summed E-state index contributed by atoms with van der Waals surface area (Å²) in [6.45, 7) is 3.60. The molecule has 0 spiro atoms. The van der Waals surface area contributed by atoms with E-state index in [1.165, 1.54) is 36.4 Å². The van der Waals surface area contributed by atoms with Crippen molar-refractivity contribution in [1.29, 1.82) is 0 Å². The number of hydrogen-bond donors (Lipinski definition) is 2. The Bertz CT molecular complexity index is 1370. The second-order valence-electron chi connectivity index (χ2n) is 7.91. The zero-order chi connectivity index (χ0) is 27.6. The van der Waals surface area contributed by atoms with Crippen LogP contribution in [0.25, 0.3) is 11.1 Å². The number of carbonyl (C=O) groups is 4. The number of nitrogens with zero attached hydrogens (tertiary/aromatic N) is 1. The van der Waals surface area contributed by atoms with Crippen LogP contribution in [0.5, 0.6) is 11.5 Å². The molecule has 0 radical (unpaired) electrons. The van der Waals surface area contributed by atoms with E-state index in [-0.39, 0.29) is 41.6 Å². The molecular formula is C25H22NO11P. The van der Waals surface area contributed by atoms with Crippen LogP contribution in [-0.4, -0.2) is 47.6 Å². The zero-order valence-electron chi connectivity index (χ0n) is 20.2. The van der Waals surface area contributed by atoms with E-state index in [0.717, 1.165) is 0 Å². The van der Waals surface area contributed by atoms with Crippen molar-refractivity contribution in [2.75, 3.05) is 18.1 Å². The Labute approximate surface area is 216 Å². The fraction of sp³-hybridized carbons (Fsp3) is 0.200. The van der Waals surface area contributed by atoms with Crippen LogP contribution >= 0.6 is 7.60 Å². The van der Waals surface area contributed by atoms with Crippen LogP contribution in [0.2, 0.25) is 0 Å². The third-order valence-corrected chi connectivity index (χ3v) is 7.62. The molecule has 0 bridgehead atoms. The quantitative estimate of drug-likeness (QED) is 0.199. The molecule has 198 valence electrons. The van der Waals surface area contributed by atoms with Gasteiger partial charge >= 0.3 is 19.9 Å². The van der Waals surface area contributed by atoms with Crippen LogP contribution < -0.4 is 14.4 Å². The van der Waals surface area contributed by atoms with Crippen molar-refractivity contribution in [3.05, 3.63) is 65.2 Å². The third-order valence-electron chi connectivity index (χ3n) is 5.56. The van der Waals surface area contributed by atoms with Gasteiger partial charge in [-0.1, -0.05) is 36.4 Å². The molecule has 0 aromatic heterocycles. The minimum absolute atomic E-state index is 0.0177. The summed E-state index contributed by atoms with van der Waals surface area (Å²) in [6, 6.07) is 11.6. The van der Waals surface area contributed by atoms with Crippen LogP contribution in [0.1, 0.15) is 40.1 Å². The molecule has 2 aliphatic carbocycles. The van der Waals surface area contributed by atoms with Gasteiger partial charge in [0.15, 0.2) is 11.5 Å². The topological polar surface area (TPSA) is 166 Å². The number of hydrogen-bond acceptors (Lipinski definition) is 9. The average molecular weight is 543 g/mol. The van der Waals surface area contributed by atoms with Crippen molar-refractivity contribution in [2.45, 2.75) is 20.0 Å². The summed E-state index contributed by atoms with van der Waals surface area (Å²) in [6.07, 6.45) is -3.69. The number of anilines is 1. The van der Waals surface area contributed by atoms with Gasteiger partial charge < -0.3 is 28.7 Å². The molecule has 2 N–H and O–H groups in total. The highest BCUT2D eigenvalue weighted by Gasteiger charge is 2.43. The summed E-state index contributed by atoms with van der Waals surface area (Å²) in [5.41, 5.74) is 0.0871. The molecule has 0 fully saturated rings. The second kappa shape index (κ2) is 10.6. The van der Waals surface area contributed by atoms with Crippen molar-refractivity contribution in [3.63, 3.8) is 0 Å². The summed E-state index contributed by atoms with van der Waals surface area (Å²) in [7, 11) is -3.52. The molecule has 2 amide bonds. The summed E-state index contributed by atoms with van der Waals surface area (Å²) in [4.78, 5) is 50.3. The van der Waals surface area contributed by atoms with Crippen LogP contribution in [-0.2, 0) is 19.8 Å². The van der Waals surface area contributed by atoms with E-state index in [2.05, 4.69) is 0 Å². The predicted octanol–water partition coefficient (Wildman–Crippen LogP) is 5.47.